The maximum Gasteiger partial charge on any atom is 0.261 e. The van der Waals surface area contributed by atoms with Crippen molar-refractivity contribution < 1.29 is 9.59 Å². The summed E-state index contributed by atoms with van der Waals surface area (Å²) < 4.78 is 0. The third-order valence-electron chi connectivity index (χ3n) is 4.54. The van der Waals surface area contributed by atoms with E-state index in [4.69, 9.17) is 5.73 Å². The Balaban J connectivity index is 1.95. The zero-order valence-corrected chi connectivity index (χ0v) is 15.5. The van der Waals surface area contributed by atoms with E-state index in [9.17, 15) is 9.59 Å². The summed E-state index contributed by atoms with van der Waals surface area (Å²) in [5.74, 6) is -0.209. The Morgan fingerprint density at radius 3 is 2.28 bits per heavy atom. The largest absolute Gasteiger partial charge is 0.347 e. The Kier molecular flexibility index (Phi) is 6.73. The van der Waals surface area contributed by atoms with Gasteiger partial charge in [-0.3, -0.25) is 9.59 Å². The molecule has 1 aromatic heterocycles. The summed E-state index contributed by atoms with van der Waals surface area (Å²) in [7, 11) is 0. The summed E-state index contributed by atoms with van der Waals surface area (Å²) in [6.07, 6.45) is 1.58. The van der Waals surface area contributed by atoms with Gasteiger partial charge in [0.15, 0.2) is 0 Å². The van der Waals surface area contributed by atoms with E-state index in [0.717, 1.165) is 18.4 Å². The molecule has 1 aromatic carbocycles. The molecule has 6 heteroatoms. The molecule has 0 unspecified atom stereocenters. The van der Waals surface area contributed by atoms with E-state index >= 15 is 0 Å². The highest BCUT2D eigenvalue weighted by molar-refractivity contribution is 7.12. The van der Waals surface area contributed by atoms with Crippen molar-refractivity contribution >= 4 is 23.2 Å². The first-order valence-electron chi connectivity index (χ1n) is 8.47. The van der Waals surface area contributed by atoms with Crippen LogP contribution in [0.4, 0.5) is 0 Å². The minimum atomic E-state index is -0.357. The SMILES string of the molecule is CCC(CC)(CN)NC(=O)c1ccc(CNC(=O)c2cccs2)cc1. The monoisotopic (exact) mass is 359 g/mol. The Hall–Kier alpha value is -2.18. The Morgan fingerprint density at radius 1 is 1.08 bits per heavy atom. The molecule has 0 fully saturated rings. The van der Waals surface area contributed by atoms with Crippen molar-refractivity contribution in [2.24, 2.45) is 5.73 Å². The van der Waals surface area contributed by atoms with E-state index in [2.05, 4.69) is 10.6 Å². The lowest BCUT2D eigenvalue weighted by Gasteiger charge is -2.31. The average molecular weight is 359 g/mol. The number of hydrogen-bond acceptors (Lipinski definition) is 4. The summed E-state index contributed by atoms with van der Waals surface area (Å²) >= 11 is 1.41. The molecule has 25 heavy (non-hydrogen) atoms. The van der Waals surface area contributed by atoms with Gasteiger partial charge in [0, 0.05) is 18.7 Å². The van der Waals surface area contributed by atoms with Crippen LogP contribution in [0.25, 0.3) is 0 Å². The number of amides is 2. The quantitative estimate of drug-likeness (QED) is 0.677. The van der Waals surface area contributed by atoms with Crippen molar-refractivity contribution in [3.63, 3.8) is 0 Å². The molecule has 0 bridgehead atoms. The fourth-order valence-electron chi connectivity index (χ4n) is 2.53. The minimum Gasteiger partial charge on any atom is -0.347 e. The molecular weight excluding hydrogens is 334 g/mol. The van der Waals surface area contributed by atoms with Gasteiger partial charge in [-0.25, -0.2) is 0 Å². The zero-order valence-electron chi connectivity index (χ0n) is 14.7. The summed E-state index contributed by atoms with van der Waals surface area (Å²) in [6, 6.07) is 10.9. The molecule has 0 aliphatic heterocycles. The van der Waals surface area contributed by atoms with Crippen LogP contribution in [0, 0.1) is 0 Å². The number of nitrogens with one attached hydrogen (secondary N) is 2. The predicted octanol–water partition coefficient (Wildman–Crippen LogP) is 2.93. The second-order valence-electron chi connectivity index (χ2n) is 6.00. The number of benzene rings is 1. The van der Waals surface area contributed by atoms with E-state index in [1.165, 1.54) is 11.3 Å². The zero-order chi connectivity index (χ0) is 18.3. The molecule has 2 rings (SSSR count). The first kappa shape index (κ1) is 19.1. The van der Waals surface area contributed by atoms with Gasteiger partial charge < -0.3 is 16.4 Å². The average Bonchev–Trinajstić information content (AvgIpc) is 3.19. The Bertz CT molecular complexity index is 684. The van der Waals surface area contributed by atoms with Crippen LogP contribution in [0.1, 0.15) is 52.3 Å². The molecule has 5 nitrogen and oxygen atoms in total. The maximum absolute atomic E-state index is 12.4. The van der Waals surface area contributed by atoms with Gasteiger partial charge in [-0.2, -0.15) is 0 Å². The van der Waals surface area contributed by atoms with Gasteiger partial charge in [0.25, 0.3) is 11.8 Å². The van der Waals surface area contributed by atoms with Crippen LogP contribution in [-0.2, 0) is 6.54 Å². The topological polar surface area (TPSA) is 84.2 Å². The maximum atomic E-state index is 12.4. The van der Waals surface area contributed by atoms with Crippen molar-refractivity contribution in [1.82, 2.24) is 10.6 Å². The molecule has 2 amide bonds. The molecule has 2 aromatic rings. The summed E-state index contributed by atoms with van der Waals surface area (Å²) in [5, 5.41) is 7.79. The fourth-order valence-corrected chi connectivity index (χ4v) is 3.17. The van der Waals surface area contributed by atoms with E-state index in [0.29, 0.717) is 23.5 Å². The van der Waals surface area contributed by atoms with Gasteiger partial charge in [-0.05, 0) is 42.0 Å². The molecule has 4 N–H and O–H groups in total. The molecule has 0 saturated carbocycles. The van der Waals surface area contributed by atoms with Gasteiger partial charge in [0.05, 0.1) is 10.4 Å². The van der Waals surface area contributed by atoms with Crippen LogP contribution >= 0.6 is 11.3 Å². The number of thiophene rings is 1. The Labute approximate surface area is 152 Å². The van der Waals surface area contributed by atoms with Crippen LogP contribution in [0.3, 0.4) is 0 Å². The number of carbonyl (C=O) groups excluding carboxylic acids is 2. The predicted molar refractivity (Wildman–Crippen MR) is 102 cm³/mol. The van der Waals surface area contributed by atoms with Crippen LogP contribution in [-0.4, -0.2) is 23.9 Å². The summed E-state index contributed by atoms with van der Waals surface area (Å²) in [5.41, 5.74) is 7.01. The second-order valence-corrected chi connectivity index (χ2v) is 6.95. The highest BCUT2D eigenvalue weighted by Crippen LogP contribution is 2.15. The molecule has 0 aliphatic rings. The number of carbonyl (C=O) groups is 2. The summed E-state index contributed by atoms with van der Waals surface area (Å²) in [4.78, 5) is 25.1. The van der Waals surface area contributed by atoms with E-state index < -0.39 is 0 Å². The minimum absolute atomic E-state index is 0.0876. The standard InChI is InChI=1S/C19H25N3O2S/c1-3-19(4-2,13-20)22-17(23)15-9-7-14(8-10-15)12-21-18(24)16-6-5-11-25-16/h5-11H,3-4,12-13,20H2,1-2H3,(H,21,24)(H,22,23). The van der Waals surface area contributed by atoms with Crippen molar-refractivity contribution in [3.05, 3.63) is 57.8 Å². The first-order chi connectivity index (χ1) is 12.0. The third-order valence-corrected chi connectivity index (χ3v) is 5.41. The van der Waals surface area contributed by atoms with Crippen molar-refractivity contribution in [2.75, 3.05) is 6.54 Å². The van der Waals surface area contributed by atoms with Gasteiger partial charge in [-0.15, -0.1) is 11.3 Å². The molecule has 134 valence electrons. The summed E-state index contributed by atoms with van der Waals surface area (Å²) in [6.45, 7) is 4.89. The van der Waals surface area contributed by atoms with Gasteiger partial charge in [0.1, 0.15) is 0 Å². The number of nitrogens with two attached hydrogens (primary N) is 1. The second kappa shape index (κ2) is 8.78. The van der Waals surface area contributed by atoms with E-state index in [1.54, 1.807) is 18.2 Å². The molecular formula is C19H25N3O2S. The fraction of sp³-hybridized carbons (Fsp3) is 0.368. The van der Waals surface area contributed by atoms with Gasteiger partial charge >= 0.3 is 0 Å². The molecule has 0 spiro atoms. The molecule has 1 heterocycles. The lowest BCUT2D eigenvalue weighted by atomic mass is 9.92. The molecule has 0 aliphatic carbocycles. The van der Waals surface area contributed by atoms with Gasteiger partial charge in [-0.1, -0.05) is 32.0 Å². The van der Waals surface area contributed by atoms with Crippen LogP contribution in [0.15, 0.2) is 41.8 Å². The first-order valence-corrected chi connectivity index (χ1v) is 9.34. The molecule has 0 saturated heterocycles. The lowest BCUT2D eigenvalue weighted by Crippen LogP contribution is -2.52. The van der Waals surface area contributed by atoms with Crippen molar-refractivity contribution in [3.8, 4) is 0 Å². The third kappa shape index (κ3) is 4.90. The van der Waals surface area contributed by atoms with E-state index in [1.807, 2.05) is 37.4 Å². The van der Waals surface area contributed by atoms with Crippen molar-refractivity contribution in [1.29, 1.82) is 0 Å². The number of hydrogen-bond donors (Lipinski definition) is 3. The van der Waals surface area contributed by atoms with Gasteiger partial charge in [0.2, 0.25) is 0 Å². The van der Waals surface area contributed by atoms with Crippen LogP contribution < -0.4 is 16.4 Å². The molecule has 0 radical (unpaired) electrons. The van der Waals surface area contributed by atoms with Crippen LogP contribution in [0.2, 0.25) is 0 Å². The van der Waals surface area contributed by atoms with E-state index in [-0.39, 0.29) is 17.4 Å². The highest BCUT2D eigenvalue weighted by atomic mass is 32.1. The number of rotatable bonds is 8. The highest BCUT2D eigenvalue weighted by Gasteiger charge is 2.26. The van der Waals surface area contributed by atoms with Crippen molar-refractivity contribution in [2.45, 2.75) is 38.8 Å². The lowest BCUT2D eigenvalue weighted by molar-refractivity contribution is 0.0894. The Morgan fingerprint density at radius 2 is 1.76 bits per heavy atom. The van der Waals surface area contributed by atoms with Crippen LogP contribution in [0.5, 0.6) is 0 Å². The normalized spacial score (nSPS) is 11.2. The smallest absolute Gasteiger partial charge is 0.261 e. The molecule has 0 atom stereocenters.